The van der Waals surface area contributed by atoms with Crippen LogP contribution in [-0.2, 0) is 6.54 Å². The number of nitrogens with one attached hydrogen (secondary N) is 1. The minimum absolute atomic E-state index is 0.146. The summed E-state index contributed by atoms with van der Waals surface area (Å²) in [5.41, 5.74) is 3.05. The van der Waals surface area contributed by atoms with Gasteiger partial charge in [0.25, 0.3) is 0 Å². The standard InChI is InChI=1S/C14H19N3/c1-4-14(2,3)16-10-11-9-15-12-7-5-6-8-13(12)17-11/h5-9,16H,4,10H2,1-3H3. The molecule has 3 nitrogen and oxygen atoms in total. The second kappa shape index (κ2) is 4.80. The van der Waals surface area contributed by atoms with Crippen molar-refractivity contribution >= 4 is 11.0 Å². The van der Waals surface area contributed by atoms with Gasteiger partial charge in [-0.2, -0.15) is 0 Å². The Labute approximate surface area is 102 Å². The predicted molar refractivity (Wildman–Crippen MR) is 70.7 cm³/mol. The summed E-state index contributed by atoms with van der Waals surface area (Å²) in [4.78, 5) is 8.99. The average Bonchev–Trinajstić information content (AvgIpc) is 2.36. The molecule has 0 atom stereocenters. The van der Waals surface area contributed by atoms with Gasteiger partial charge in [0, 0.05) is 12.1 Å². The number of nitrogens with zero attached hydrogens (tertiary/aromatic N) is 2. The van der Waals surface area contributed by atoms with Crippen LogP contribution < -0.4 is 5.32 Å². The van der Waals surface area contributed by atoms with E-state index in [-0.39, 0.29) is 5.54 Å². The van der Waals surface area contributed by atoms with Gasteiger partial charge in [-0.15, -0.1) is 0 Å². The van der Waals surface area contributed by atoms with Crippen LogP contribution in [0.25, 0.3) is 11.0 Å². The molecule has 0 spiro atoms. The number of benzene rings is 1. The van der Waals surface area contributed by atoms with Crippen LogP contribution in [0.3, 0.4) is 0 Å². The van der Waals surface area contributed by atoms with Crippen molar-refractivity contribution in [2.75, 3.05) is 0 Å². The van der Waals surface area contributed by atoms with Crippen LogP contribution in [0.1, 0.15) is 32.9 Å². The maximum Gasteiger partial charge on any atom is 0.0890 e. The molecule has 0 aliphatic heterocycles. The Morgan fingerprint density at radius 3 is 2.59 bits per heavy atom. The van der Waals surface area contributed by atoms with Gasteiger partial charge in [0.15, 0.2) is 0 Å². The normalized spacial score (nSPS) is 11.9. The van der Waals surface area contributed by atoms with Gasteiger partial charge < -0.3 is 5.32 Å². The zero-order chi connectivity index (χ0) is 12.3. The monoisotopic (exact) mass is 229 g/mol. The predicted octanol–water partition coefficient (Wildman–Crippen LogP) is 2.91. The van der Waals surface area contributed by atoms with Crippen LogP contribution in [0, 0.1) is 0 Å². The van der Waals surface area contributed by atoms with Crippen molar-refractivity contribution in [1.82, 2.24) is 15.3 Å². The molecule has 1 aromatic carbocycles. The highest BCUT2D eigenvalue weighted by Crippen LogP contribution is 2.11. The molecule has 0 aliphatic rings. The third-order valence-corrected chi connectivity index (χ3v) is 3.13. The summed E-state index contributed by atoms with van der Waals surface area (Å²) in [5, 5.41) is 3.49. The van der Waals surface area contributed by atoms with E-state index in [0.717, 1.165) is 29.7 Å². The van der Waals surface area contributed by atoms with E-state index < -0.39 is 0 Å². The molecule has 1 N–H and O–H groups in total. The second-order valence-corrected chi connectivity index (χ2v) is 4.94. The first-order valence-corrected chi connectivity index (χ1v) is 6.06. The van der Waals surface area contributed by atoms with Gasteiger partial charge in [-0.05, 0) is 32.4 Å². The Hall–Kier alpha value is -1.48. The zero-order valence-electron chi connectivity index (χ0n) is 10.7. The van der Waals surface area contributed by atoms with Crippen LogP contribution >= 0.6 is 0 Å². The highest BCUT2D eigenvalue weighted by molar-refractivity contribution is 5.73. The van der Waals surface area contributed by atoms with E-state index in [9.17, 15) is 0 Å². The number of hydrogen-bond acceptors (Lipinski definition) is 3. The molecule has 2 rings (SSSR count). The maximum absolute atomic E-state index is 4.59. The van der Waals surface area contributed by atoms with Gasteiger partial charge >= 0.3 is 0 Å². The maximum atomic E-state index is 4.59. The lowest BCUT2D eigenvalue weighted by molar-refractivity contribution is 0.372. The third kappa shape index (κ3) is 3.01. The van der Waals surface area contributed by atoms with Crippen LogP contribution in [0.5, 0.6) is 0 Å². The van der Waals surface area contributed by atoms with E-state index in [2.05, 4.69) is 36.1 Å². The summed E-state index contributed by atoms with van der Waals surface area (Å²) in [6.45, 7) is 7.33. The lowest BCUT2D eigenvalue weighted by Gasteiger charge is -2.24. The molecule has 0 amide bonds. The van der Waals surface area contributed by atoms with E-state index in [1.807, 2.05) is 30.5 Å². The Bertz CT molecular complexity index is 506. The Morgan fingerprint density at radius 1 is 1.18 bits per heavy atom. The molecule has 2 aromatic rings. The SMILES string of the molecule is CCC(C)(C)NCc1cnc2ccccc2n1. The van der Waals surface area contributed by atoms with E-state index in [4.69, 9.17) is 0 Å². The summed E-state index contributed by atoms with van der Waals surface area (Å²) in [6, 6.07) is 7.95. The summed E-state index contributed by atoms with van der Waals surface area (Å²) in [5.74, 6) is 0. The summed E-state index contributed by atoms with van der Waals surface area (Å²) in [6.07, 6.45) is 2.94. The first kappa shape index (κ1) is 12.0. The average molecular weight is 229 g/mol. The van der Waals surface area contributed by atoms with E-state index >= 15 is 0 Å². The number of aromatic nitrogens is 2. The summed E-state index contributed by atoms with van der Waals surface area (Å²) in [7, 11) is 0. The van der Waals surface area contributed by atoms with Gasteiger partial charge in [0.2, 0.25) is 0 Å². The van der Waals surface area contributed by atoms with Gasteiger partial charge in [-0.3, -0.25) is 4.98 Å². The first-order chi connectivity index (χ1) is 8.11. The molecule has 0 unspecified atom stereocenters. The van der Waals surface area contributed by atoms with E-state index in [1.165, 1.54) is 0 Å². The molecular formula is C14H19N3. The van der Waals surface area contributed by atoms with Gasteiger partial charge in [0.1, 0.15) is 0 Å². The quantitative estimate of drug-likeness (QED) is 0.876. The topological polar surface area (TPSA) is 37.8 Å². The molecule has 1 heterocycles. The second-order valence-electron chi connectivity index (χ2n) is 4.94. The van der Waals surface area contributed by atoms with Crippen molar-refractivity contribution in [3.05, 3.63) is 36.2 Å². The lowest BCUT2D eigenvalue weighted by atomic mass is 10.0. The summed E-state index contributed by atoms with van der Waals surface area (Å²) < 4.78 is 0. The number of rotatable bonds is 4. The zero-order valence-corrected chi connectivity index (χ0v) is 10.7. The fourth-order valence-corrected chi connectivity index (χ4v) is 1.54. The van der Waals surface area contributed by atoms with Crippen molar-refractivity contribution < 1.29 is 0 Å². The van der Waals surface area contributed by atoms with Crippen molar-refractivity contribution in [1.29, 1.82) is 0 Å². The van der Waals surface area contributed by atoms with Gasteiger partial charge in [0.05, 0.1) is 22.9 Å². The third-order valence-electron chi connectivity index (χ3n) is 3.13. The Balaban J connectivity index is 2.14. The minimum Gasteiger partial charge on any atom is -0.306 e. The van der Waals surface area contributed by atoms with Crippen LogP contribution in [-0.4, -0.2) is 15.5 Å². The van der Waals surface area contributed by atoms with Crippen molar-refractivity contribution in [3.8, 4) is 0 Å². The molecule has 0 fully saturated rings. The van der Waals surface area contributed by atoms with E-state index in [1.54, 1.807) is 0 Å². The van der Waals surface area contributed by atoms with Crippen LogP contribution in [0.4, 0.5) is 0 Å². The lowest BCUT2D eigenvalue weighted by Crippen LogP contribution is -2.38. The highest BCUT2D eigenvalue weighted by Gasteiger charge is 2.13. The molecule has 0 saturated heterocycles. The van der Waals surface area contributed by atoms with Crippen molar-refractivity contribution in [3.63, 3.8) is 0 Å². The number of hydrogen-bond donors (Lipinski definition) is 1. The minimum atomic E-state index is 0.146. The molecule has 90 valence electrons. The summed E-state index contributed by atoms with van der Waals surface area (Å²) >= 11 is 0. The van der Waals surface area contributed by atoms with Gasteiger partial charge in [-0.25, -0.2) is 4.98 Å². The number of para-hydroxylation sites is 2. The van der Waals surface area contributed by atoms with Crippen LogP contribution in [0.2, 0.25) is 0 Å². The fraction of sp³-hybridized carbons (Fsp3) is 0.429. The van der Waals surface area contributed by atoms with Crippen LogP contribution in [0.15, 0.2) is 30.5 Å². The Morgan fingerprint density at radius 2 is 1.88 bits per heavy atom. The highest BCUT2D eigenvalue weighted by atomic mass is 15.0. The molecular weight excluding hydrogens is 210 g/mol. The molecule has 1 aromatic heterocycles. The molecule has 0 bridgehead atoms. The first-order valence-electron chi connectivity index (χ1n) is 6.06. The van der Waals surface area contributed by atoms with Gasteiger partial charge in [-0.1, -0.05) is 19.1 Å². The molecule has 0 aliphatic carbocycles. The molecule has 0 saturated carbocycles. The number of fused-ring (bicyclic) bond motifs is 1. The smallest absolute Gasteiger partial charge is 0.0890 e. The van der Waals surface area contributed by atoms with Crippen molar-refractivity contribution in [2.45, 2.75) is 39.3 Å². The fourth-order valence-electron chi connectivity index (χ4n) is 1.54. The largest absolute Gasteiger partial charge is 0.306 e. The molecule has 17 heavy (non-hydrogen) atoms. The van der Waals surface area contributed by atoms with Crippen molar-refractivity contribution in [2.24, 2.45) is 0 Å². The Kier molecular flexibility index (Phi) is 3.38. The molecule has 3 heteroatoms. The van der Waals surface area contributed by atoms with E-state index in [0.29, 0.717) is 0 Å². The molecule has 0 radical (unpaired) electrons.